The number of nitrogens with zero attached hydrogens (tertiary/aromatic N) is 1. The highest BCUT2D eigenvalue weighted by Crippen LogP contribution is 2.25. The molecule has 0 aliphatic carbocycles. The molecule has 0 bridgehead atoms. The Hall–Kier alpha value is -2.07. The van der Waals surface area contributed by atoms with E-state index in [-0.39, 0.29) is 18.6 Å². The maximum atomic E-state index is 12.8. The Bertz CT molecular complexity index is 619. The number of carbonyl (C=O) groups is 1. The highest BCUT2D eigenvalue weighted by Gasteiger charge is 2.27. The number of piperidine rings is 1. The Labute approximate surface area is 130 Å². The van der Waals surface area contributed by atoms with Crippen molar-refractivity contribution in [2.24, 2.45) is 0 Å². The van der Waals surface area contributed by atoms with Crippen LogP contribution in [0.25, 0.3) is 11.1 Å². The van der Waals surface area contributed by atoms with Gasteiger partial charge < -0.3 is 14.4 Å². The van der Waals surface area contributed by atoms with E-state index in [9.17, 15) is 9.90 Å². The van der Waals surface area contributed by atoms with E-state index in [1.807, 2.05) is 35.2 Å². The molecule has 1 unspecified atom stereocenters. The van der Waals surface area contributed by atoms with Gasteiger partial charge in [-0.05, 0) is 49.4 Å². The molecule has 1 N–H and O–H groups in total. The summed E-state index contributed by atoms with van der Waals surface area (Å²) in [5.74, 6) is 0.0588. The second-order valence-electron chi connectivity index (χ2n) is 5.75. The van der Waals surface area contributed by atoms with Gasteiger partial charge in [-0.2, -0.15) is 0 Å². The van der Waals surface area contributed by atoms with Crippen molar-refractivity contribution in [3.05, 3.63) is 48.4 Å². The van der Waals surface area contributed by atoms with Crippen molar-refractivity contribution in [1.82, 2.24) is 4.90 Å². The second-order valence-corrected chi connectivity index (χ2v) is 5.75. The molecule has 0 spiro atoms. The molecule has 2 aromatic rings. The number of carbonyl (C=O) groups excluding carboxylic acids is 1. The molecule has 1 aromatic carbocycles. The average Bonchev–Trinajstić information content (AvgIpc) is 3.10. The first kappa shape index (κ1) is 14.9. The van der Waals surface area contributed by atoms with Gasteiger partial charge in [0.25, 0.3) is 5.91 Å². The van der Waals surface area contributed by atoms with Crippen LogP contribution in [0.15, 0.2) is 47.3 Å². The van der Waals surface area contributed by atoms with Crippen LogP contribution in [-0.4, -0.2) is 35.1 Å². The fraction of sp³-hybridized carbons (Fsp3) is 0.389. The van der Waals surface area contributed by atoms with Crippen LogP contribution in [0.1, 0.15) is 36.0 Å². The Kier molecular flexibility index (Phi) is 4.59. The number of aliphatic hydroxyl groups excluding tert-OH is 1. The Morgan fingerprint density at radius 2 is 2.18 bits per heavy atom. The third-order valence-corrected chi connectivity index (χ3v) is 4.31. The molecule has 1 aliphatic heterocycles. The first-order valence-electron chi connectivity index (χ1n) is 7.84. The molecule has 2 heterocycles. The van der Waals surface area contributed by atoms with Crippen molar-refractivity contribution < 1.29 is 14.3 Å². The average molecular weight is 299 g/mol. The number of aliphatic hydroxyl groups is 1. The lowest BCUT2D eigenvalue weighted by molar-refractivity contribution is 0.0574. The lowest BCUT2D eigenvalue weighted by Crippen LogP contribution is -2.44. The summed E-state index contributed by atoms with van der Waals surface area (Å²) in [5, 5.41) is 9.21. The minimum atomic E-state index is 0.0588. The topological polar surface area (TPSA) is 53.7 Å². The van der Waals surface area contributed by atoms with E-state index in [2.05, 4.69) is 0 Å². The highest BCUT2D eigenvalue weighted by molar-refractivity contribution is 5.95. The summed E-state index contributed by atoms with van der Waals surface area (Å²) >= 11 is 0. The van der Waals surface area contributed by atoms with Gasteiger partial charge in [-0.25, -0.2) is 0 Å². The fourth-order valence-electron chi connectivity index (χ4n) is 3.14. The lowest BCUT2D eigenvalue weighted by Gasteiger charge is -2.35. The predicted octanol–water partition coefficient (Wildman–Crippen LogP) is 3.32. The maximum Gasteiger partial charge on any atom is 0.254 e. The third kappa shape index (κ3) is 3.07. The molecule has 1 fully saturated rings. The molecule has 22 heavy (non-hydrogen) atoms. The monoisotopic (exact) mass is 299 g/mol. The number of benzene rings is 1. The molecule has 116 valence electrons. The summed E-state index contributed by atoms with van der Waals surface area (Å²) < 4.78 is 5.11. The van der Waals surface area contributed by atoms with Crippen LogP contribution in [0.2, 0.25) is 0 Å². The Morgan fingerprint density at radius 1 is 1.27 bits per heavy atom. The summed E-state index contributed by atoms with van der Waals surface area (Å²) in [4.78, 5) is 14.8. The van der Waals surface area contributed by atoms with Gasteiger partial charge in [-0.3, -0.25) is 4.79 Å². The predicted molar refractivity (Wildman–Crippen MR) is 84.5 cm³/mol. The van der Waals surface area contributed by atoms with E-state index in [4.69, 9.17) is 4.42 Å². The summed E-state index contributed by atoms with van der Waals surface area (Å²) in [7, 11) is 0. The van der Waals surface area contributed by atoms with E-state index in [0.717, 1.165) is 36.9 Å². The molecule has 1 amide bonds. The molecule has 1 atom stereocenters. The van der Waals surface area contributed by atoms with Gasteiger partial charge in [0.15, 0.2) is 0 Å². The van der Waals surface area contributed by atoms with Crippen LogP contribution in [-0.2, 0) is 0 Å². The first-order chi connectivity index (χ1) is 10.8. The van der Waals surface area contributed by atoms with Gasteiger partial charge >= 0.3 is 0 Å². The third-order valence-electron chi connectivity index (χ3n) is 4.31. The van der Waals surface area contributed by atoms with Crippen molar-refractivity contribution in [3.63, 3.8) is 0 Å². The lowest BCUT2D eigenvalue weighted by atomic mass is 9.97. The van der Waals surface area contributed by atoms with E-state index in [1.165, 1.54) is 0 Å². The van der Waals surface area contributed by atoms with Gasteiger partial charge in [0.2, 0.25) is 0 Å². The molecule has 4 nitrogen and oxygen atoms in total. The van der Waals surface area contributed by atoms with Crippen LogP contribution in [0.4, 0.5) is 0 Å². The number of likely N-dealkylation sites (tertiary alicyclic amines) is 1. The quantitative estimate of drug-likeness (QED) is 0.942. The molecule has 1 saturated heterocycles. The molecule has 4 heteroatoms. The van der Waals surface area contributed by atoms with E-state index in [0.29, 0.717) is 12.0 Å². The molecule has 0 saturated carbocycles. The zero-order valence-electron chi connectivity index (χ0n) is 12.6. The second kappa shape index (κ2) is 6.79. The summed E-state index contributed by atoms with van der Waals surface area (Å²) in [5.41, 5.74) is 2.65. The number of hydrogen-bond donors (Lipinski definition) is 1. The fourth-order valence-corrected chi connectivity index (χ4v) is 3.14. The van der Waals surface area contributed by atoms with Crippen molar-refractivity contribution in [2.45, 2.75) is 31.7 Å². The molecular weight excluding hydrogens is 278 g/mol. The van der Waals surface area contributed by atoms with E-state index in [1.54, 1.807) is 12.5 Å². The standard InChI is InChI=1S/C18H21NO3/c20-10-7-17-6-1-2-9-19(17)18(21)15-5-3-4-14(12-15)16-8-11-22-13-16/h3-5,8,11-13,17,20H,1-2,6-7,9-10H2. The maximum absolute atomic E-state index is 12.8. The zero-order valence-corrected chi connectivity index (χ0v) is 12.6. The number of furan rings is 1. The van der Waals surface area contributed by atoms with Gasteiger partial charge in [0.05, 0.1) is 12.5 Å². The van der Waals surface area contributed by atoms with Crippen molar-refractivity contribution in [3.8, 4) is 11.1 Å². The van der Waals surface area contributed by atoms with Crippen molar-refractivity contribution >= 4 is 5.91 Å². The minimum Gasteiger partial charge on any atom is -0.472 e. The van der Waals surface area contributed by atoms with Crippen molar-refractivity contribution in [2.75, 3.05) is 13.2 Å². The van der Waals surface area contributed by atoms with E-state index < -0.39 is 0 Å². The Morgan fingerprint density at radius 3 is 2.95 bits per heavy atom. The normalized spacial score (nSPS) is 18.4. The highest BCUT2D eigenvalue weighted by atomic mass is 16.3. The number of rotatable bonds is 4. The number of hydrogen-bond acceptors (Lipinski definition) is 3. The van der Waals surface area contributed by atoms with Crippen LogP contribution in [0.5, 0.6) is 0 Å². The van der Waals surface area contributed by atoms with Crippen LogP contribution in [0, 0.1) is 0 Å². The van der Waals surface area contributed by atoms with Crippen LogP contribution < -0.4 is 0 Å². The summed E-state index contributed by atoms with van der Waals surface area (Å²) in [6.07, 6.45) is 7.12. The minimum absolute atomic E-state index is 0.0588. The van der Waals surface area contributed by atoms with Gasteiger partial charge in [-0.1, -0.05) is 12.1 Å². The molecule has 3 rings (SSSR count). The molecule has 1 aromatic heterocycles. The molecule has 0 radical (unpaired) electrons. The summed E-state index contributed by atoms with van der Waals surface area (Å²) in [6, 6.07) is 9.69. The largest absolute Gasteiger partial charge is 0.472 e. The van der Waals surface area contributed by atoms with Gasteiger partial charge in [0, 0.05) is 30.3 Å². The zero-order chi connectivity index (χ0) is 15.4. The first-order valence-corrected chi connectivity index (χ1v) is 7.84. The SMILES string of the molecule is O=C(c1cccc(-c2ccoc2)c1)N1CCCCC1CCO. The molecule has 1 aliphatic rings. The van der Waals surface area contributed by atoms with Crippen LogP contribution in [0.3, 0.4) is 0 Å². The van der Waals surface area contributed by atoms with Gasteiger partial charge in [-0.15, -0.1) is 0 Å². The molecular formula is C18H21NO3. The van der Waals surface area contributed by atoms with Gasteiger partial charge in [0.1, 0.15) is 0 Å². The smallest absolute Gasteiger partial charge is 0.254 e. The van der Waals surface area contributed by atoms with Crippen LogP contribution >= 0.6 is 0 Å². The van der Waals surface area contributed by atoms with Crippen molar-refractivity contribution in [1.29, 1.82) is 0 Å². The van der Waals surface area contributed by atoms with E-state index >= 15 is 0 Å². The summed E-state index contributed by atoms with van der Waals surface area (Å²) in [6.45, 7) is 0.906. The number of amides is 1. The Balaban J connectivity index is 1.83.